The number of nitrogens with zero attached hydrogens (tertiary/aromatic N) is 1. The summed E-state index contributed by atoms with van der Waals surface area (Å²) < 4.78 is 13.5. The van der Waals surface area contributed by atoms with E-state index < -0.39 is 0 Å². The molecule has 0 unspecified atom stereocenters. The molecular formula is C13H20ClFN2. The van der Waals surface area contributed by atoms with Gasteiger partial charge in [-0.25, -0.2) is 4.39 Å². The lowest BCUT2D eigenvalue weighted by Crippen LogP contribution is -2.33. The third-order valence-electron chi connectivity index (χ3n) is 2.64. The zero-order chi connectivity index (χ0) is 13.0. The summed E-state index contributed by atoms with van der Waals surface area (Å²) in [6, 6.07) is 3.61. The molecule has 2 nitrogen and oxygen atoms in total. The second kappa shape index (κ2) is 6.22. The molecule has 0 radical (unpaired) electrons. The van der Waals surface area contributed by atoms with Gasteiger partial charge in [-0.05, 0) is 24.6 Å². The summed E-state index contributed by atoms with van der Waals surface area (Å²) >= 11 is 6.11. The van der Waals surface area contributed by atoms with Crippen LogP contribution in [0.1, 0.15) is 19.4 Å². The molecule has 0 aromatic heterocycles. The van der Waals surface area contributed by atoms with Gasteiger partial charge in [0.15, 0.2) is 0 Å². The van der Waals surface area contributed by atoms with Gasteiger partial charge in [-0.2, -0.15) is 0 Å². The molecule has 0 aliphatic rings. The Labute approximate surface area is 108 Å². The van der Waals surface area contributed by atoms with E-state index in [1.807, 2.05) is 11.9 Å². The highest BCUT2D eigenvalue weighted by Crippen LogP contribution is 2.27. The first-order chi connectivity index (χ1) is 7.91. The highest BCUT2D eigenvalue weighted by molar-refractivity contribution is 6.33. The van der Waals surface area contributed by atoms with Gasteiger partial charge in [-0.3, -0.25) is 0 Å². The monoisotopic (exact) mass is 258 g/mol. The van der Waals surface area contributed by atoms with Crippen molar-refractivity contribution in [1.82, 2.24) is 5.32 Å². The number of anilines is 1. The lowest BCUT2D eigenvalue weighted by molar-refractivity contribution is 0.588. The number of halogens is 2. The predicted octanol–water partition coefficient (Wildman–Crippen LogP) is 3.22. The van der Waals surface area contributed by atoms with E-state index in [1.165, 1.54) is 6.07 Å². The predicted molar refractivity (Wildman–Crippen MR) is 72.6 cm³/mol. The lowest BCUT2D eigenvalue weighted by atomic mass is 10.2. The van der Waals surface area contributed by atoms with Crippen LogP contribution in [0.4, 0.5) is 10.1 Å². The van der Waals surface area contributed by atoms with E-state index in [4.69, 9.17) is 11.6 Å². The van der Waals surface area contributed by atoms with E-state index in [9.17, 15) is 4.39 Å². The van der Waals surface area contributed by atoms with E-state index >= 15 is 0 Å². The molecule has 17 heavy (non-hydrogen) atoms. The average Bonchev–Trinajstić information content (AvgIpc) is 2.22. The van der Waals surface area contributed by atoms with Gasteiger partial charge in [-0.15, -0.1) is 0 Å². The third-order valence-corrected chi connectivity index (χ3v) is 2.94. The molecule has 1 aromatic carbocycles. The number of hydrogen-bond acceptors (Lipinski definition) is 2. The quantitative estimate of drug-likeness (QED) is 0.872. The van der Waals surface area contributed by atoms with Gasteiger partial charge < -0.3 is 10.2 Å². The van der Waals surface area contributed by atoms with Crippen molar-refractivity contribution in [2.75, 3.05) is 25.0 Å². The third kappa shape index (κ3) is 4.17. The Balaban J connectivity index is 2.68. The van der Waals surface area contributed by atoms with E-state index in [0.29, 0.717) is 16.6 Å². The Morgan fingerprint density at radius 3 is 2.65 bits per heavy atom. The first kappa shape index (κ1) is 14.3. The fraction of sp³-hybridized carbons (Fsp3) is 0.538. The average molecular weight is 259 g/mol. The van der Waals surface area contributed by atoms with E-state index in [1.54, 1.807) is 13.0 Å². The molecular weight excluding hydrogens is 239 g/mol. The zero-order valence-electron chi connectivity index (χ0n) is 10.8. The van der Waals surface area contributed by atoms with Crippen molar-refractivity contribution in [1.29, 1.82) is 0 Å². The minimum absolute atomic E-state index is 0.215. The summed E-state index contributed by atoms with van der Waals surface area (Å²) in [6.45, 7) is 7.54. The van der Waals surface area contributed by atoms with Crippen molar-refractivity contribution in [3.8, 4) is 0 Å². The van der Waals surface area contributed by atoms with Crippen LogP contribution in [0.5, 0.6) is 0 Å². The topological polar surface area (TPSA) is 15.3 Å². The highest BCUT2D eigenvalue weighted by Gasteiger charge is 2.09. The standard InChI is InChI=1S/C13H20ClFN2/c1-9(2)16-5-6-17(4)13-8-12(15)10(3)7-11(13)14/h7-9,16H,5-6H2,1-4H3. The molecule has 0 fully saturated rings. The normalized spacial score (nSPS) is 11.0. The largest absolute Gasteiger partial charge is 0.372 e. The van der Waals surface area contributed by atoms with Crippen molar-refractivity contribution < 1.29 is 4.39 Å². The van der Waals surface area contributed by atoms with E-state index in [-0.39, 0.29) is 5.82 Å². The molecule has 1 N–H and O–H groups in total. The number of benzene rings is 1. The second-order valence-corrected chi connectivity index (χ2v) is 4.99. The van der Waals surface area contributed by atoms with Gasteiger partial charge in [0.1, 0.15) is 5.82 Å². The molecule has 96 valence electrons. The molecule has 0 bridgehead atoms. The molecule has 0 aliphatic heterocycles. The molecule has 0 aliphatic carbocycles. The maximum atomic E-state index is 13.5. The zero-order valence-corrected chi connectivity index (χ0v) is 11.6. The number of likely N-dealkylation sites (N-methyl/N-ethyl adjacent to an activating group) is 1. The number of aryl methyl sites for hydroxylation is 1. The molecule has 1 rings (SSSR count). The van der Waals surface area contributed by atoms with Crippen LogP contribution in [0.3, 0.4) is 0 Å². The van der Waals surface area contributed by atoms with E-state index in [2.05, 4.69) is 19.2 Å². The Hall–Kier alpha value is -0.800. The number of hydrogen-bond donors (Lipinski definition) is 1. The van der Waals surface area contributed by atoms with Crippen LogP contribution in [0.15, 0.2) is 12.1 Å². The van der Waals surface area contributed by atoms with Crippen LogP contribution < -0.4 is 10.2 Å². The van der Waals surface area contributed by atoms with Crippen LogP contribution in [-0.2, 0) is 0 Å². The second-order valence-electron chi connectivity index (χ2n) is 4.58. The first-order valence-corrected chi connectivity index (χ1v) is 6.19. The van der Waals surface area contributed by atoms with Crippen LogP contribution in [0, 0.1) is 12.7 Å². The molecule has 0 atom stereocenters. The number of nitrogens with one attached hydrogen (secondary N) is 1. The fourth-order valence-corrected chi connectivity index (χ4v) is 1.93. The summed E-state index contributed by atoms with van der Waals surface area (Å²) in [5.41, 5.74) is 1.31. The van der Waals surface area contributed by atoms with Gasteiger partial charge in [0.05, 0.1) is 10.7 Å². The lowest BCUT2D eigenvalue weighted by Gasteiger charge is -2.22. The molecule has 4 heteroatoms. The summed E-state index contributed by atoms with van der Waals surface area (Å²) in [5.74, 6) is -0.215. The van der Waals surface area contributed by atoms with Crippen LogP contribution >= 0.6 is 11.6 Å². The smallest absolute Gasteiger partial charge is 0.128 e. The molecule has 0 amide bonds. The molecule has 0 heterocycles. The minimum Gasteiger partial charge on any atom is -0.372 e. The number of rotatable bonds is 5. The maximum Gasteiger partial charge on any atom is 0.128 e. The van der Waals surface area contributed by atoms with Crippen LogP contribution in [0.2, 0.25) is 5.02 Å². The summed E-state index contributed by atoms with van der Waals surface area (Å²) in [5, 5.41) is 3.91. The van der Waals surface area contributed by atoms with Crippen molar-refractivity contribution in [3.05, 3.63) is 28.5 Å². The Bertz CT molecular complexity index is 380. The molecule has 0 spiro atoms. The van der Waals surface area contributed by atoms with Gasteiger partial charge >= 0.3 is 0 Å². The van der Waals surface area contributed by atoms with Crippen LogP contribution in [0.25, 0.3) is 0 Å². The molecule has 0 saturated carbocycles. The molecule has 1 aromatic rings. The van der Waals surface area contributed by atoms with Crippen molar-refractivity contribution in [2.24, 2.45) is 0 Å². The Kier molecular flexibility index (Phi) is 5.22. The Morgan fingerprint density at radius 1 is 1.41 bits per heavy atom. The summed E-state index contributed by atoms with van der Waals surface area (Å²) in [6.07, 6.45) is 0. The highest BCUT2D eigenvalue weighted by atomic mass is 35.5. The van der Waals surface area contributed by atoms with Gasteiger partial charge in [0, 0.05) is 26.2 Å². The van der Waals surface area contributed by atoms with E-state index in [0.717, 1.165) is 18.8 Å². The summed E-state index contributed by atoms with van der Waals surface area (Å²) in [4.78, 5) is 1.96. The minimum atomic E-state index is -0.215. The van der Waals surface area contributed by atoms with Gasteiger partial charge in [0.2, 0.25) is 0 Å². The van der Waals surface area contributed by atoms with Gasteiger partial charge in [-0.1, -0.05) is 25.4 Å². The van der Waals surface area contributed by atoms with Crippen molar-refractivity contribution in [2.45, 2.75) is 26.8 Å². The summed E-state index contributed by atoms with van der Waals surface area (Å²) in [7, 11) is 1.91. The van der Waals surface area contributed by atoms with Crippen molar-refractivity contribution >= 4 is 17.3 Å². The SMILES string of the molecule is Cc1cc(Cl)c(N(C)CCNC(C)C)cc1F. The molecule has 0 saturated heterocycles. The maximum absolute atomic E-state index is 13.5. The Morgan fingerprint density at radius 2 is 2.06 bits per heavy atom. The first-order valence-electron chi connectivity index (χ1n) is 5.82. The fourth-order valence-electron chi connectivity index (χ4n) is 1.57. The van der Waals surface area contributed by atoms with Crippen molar-refractivity contribution in [3.63, 3.8) is 0 Å². The van der Waals surface area contributed by atoms with Gasteiger partial charge in [0.25, 0.3) is 0 Å². The van der Waals surface area contributed by atoms with Crippen LogP contribution in [-0.4, -0.2) is 26.2 Å².